The molecule has 0 amide bonds. The van der Waals surface area contributed by atoms with E-state index in [9.17, 15) is 8.42 Å². The van der Waals surface area contributed by atoms with E-state index in [1.165, 1.54) is 25.0 Å². The van der Waals surface area contributed by atoms with Crippen molar-refractivity contribution in [3.05, 3.63) is 53.1 Å². The summed E-state index contributed by atoms with van der Waals surface area (Å²) in [7, 11) is -3.82. The minimum Gasteiger partial charge on any atom is -0.370 e. The predicted molar refractivity (Wildman–Crippen MR) is 104 cm³/mol. The molecule has 1 aliphatic rings. The number of sulfonamides is 1. The van der Waals surface area contributed by atoms with Gasteiger partial charge in [0.15, 0.2) is 0 Å². The van der Waals surface area contributed by atoms with E-state index >= 15 is 0 Å². The molecule has 0 spiro atoms. The van der Waals surface area contributed by atoms with Gasteiger partial charge in [0.1, 0.15) is 0 Å². The van der Waals surface area contributed by atoms with Crippen molar-refractivity contribution >= 4 is 33.0 Å². The number of nitrogens with one attached hydrogen (secondary N) is 1. The Kier molecular flexibility index (Phi) is 5.70. The van der Waals surface area contributed by atoms with Crippen LogP contribution in [-0.4, -0.2) is 21.5 Å². The summed E-state index contributed by atoms with van der Waals surface area (Å²) in [4.78, 5) is 2.26. The highest BCUT2D eigenvalue weighted by molar-refractivity contribution is 7.92. The van der Waals surface area contributed by atoms with Crippen LogP contribution in [0.15, 0.2) is 47.4 Å². The van der Waals surface area contributed by atoms with Gasteiger partial charge in [0.05, 0.1) is 27.9 Å². The second-order valence-corrected chi connectivity index (χ2v) is 8.43. The fourth-order valence-corrected chi connectivity index (χ4v) is 4.40. The lowest BCUT2D eigenvalue weighted by Gasteiger charge is -2.26. The summed E-state index contributed by atoms with van der Waals surface area (Å²) < 4.78 is 28.3. The zero-order valence-corrected chi connectivity index (χ0v) is 15.9. The van der Waals surface area contributed by atoms with Crippen molar-refractivity contribution in [2.75, 3.05) is 22.7 Å². The van der Waals surface area contributed by atoms with Crippen LogP contribution >= 0.6 is 11.6 Å². The van der Waals surface area contributed by atoms with Crippen LogP contribution in [0, 0.1) is 11.3 Å². The van der Waals surface area contributed by atoms with Crippen molar-refractivity contribution in [3.8, 4) is 6.07 Å². The largest absolute Gasteiger partial charge is 0.370 e. The average Bonchev–Trinajstić information content (AvgIpc) is 2.91. The molecule has 1 saturated heterocycles. The average molecular weight is 390 g/mol. The van der Waals surface area contributed by atoms with Gasteiger partial charge in [0.25, 0.3) is 10.0 Å². The first-order valence-electron chi connectivity index (χ1n) is 8.57. The molecule has 0 atom stereocenters. The number of hydrogen-bond acceptors (Lipinski definition) is 4. The highest BCUT2D eigenvalue weighted by atomic mass is 35.5. The van der Waals surface area contributed by atoms with Crippen LogP contribution in [-0.2, 0) is 10.0 Å². The van der Waals surface area contributed by atoms with E-state index < -0.39 is 10.0 Å². The van der Waals surface area contributed by atoms with Crippen LogP contribution in [0.25, 0.3) is 0 Å². The number of benzene rings is 2. The Hall–Kier alpha value is -2.23. The quantitative estimate of drug-likeness (QED) is 0.841. The topological polar surface area (TPSA) is 73.2 Å². The monoisotopic (exact) mass is 389 g/mol. The first kappa shape index (κ1) is 18.6. The van der Waals surface area contributed by atoms with E-state index in [0.717, 1.165) is 31.6 Å². The molecule has 7 heteroatoms. The van der Waals surface area contributed by atoms with E-state index in [-0.39, 0.29) is 4.90 Å². The molecule has 0 unspecified atom stereocenters. The number of nitriles is 1. The summed E-state index contributed by atoms with van der Waals surface area (Å²) in [6, 6.07) is 13.2. The maximum absolute atomic E-state index is 12.8. The number of halogens is 1. The molecule has 2 aromatic rings. The van der Waals surface area contributed by atoms with Crippen molar-refractivity contribution < 1.29 is 8.42 Å². The molecular weight excluding hydrogens is 370 g/mol. The van der Waals surface area contributed by atoms with Gasteiger partial charge in [0.2, 0.25) is 0 Å². The molecule has 5 nitrogen and oxygen atoms in total. The first-order valence-corrected chi connectivity index (χ1v) is 10.4. The molecule has 1 N–H and O–H groups in total. The maximum atomic E-state index is 12.8. The first-order chi connectivity index (χ1) is 12.5. The molecule has 1 fully saturated rings. The molecule has 1 heterocycles. The minimum atomic E-state index is -3.82. The summed E-state index contributed by atoms with van der Waals surface area (Å²) in [6.07, 6.45) is 4.54. The zero-order valence-electron chi connectivity index (χ0n) is 14.3. The van der Waals surface area contributed by atoms with Crippen LogP contribution in [0.2, 0.25) is 5.02 Å². The normalized spacial score (nSPS) is 15.2. The minimum absolute atomic E-state index is 0.0540. The zero-order chi connectivity index (χ0) is 18.6. The fraction of sp³-hybridized carbons (Fsp3) is 0.316. The fourth-order valence-electron chi connectivity index (χ4n) is 3.11. The van der Waals surface area contributed by atoms with Crippen LogP contribution in [0.3, 0.4) is 0 Å². The van der Waals surface area contributed by atoms with Gasteiger partial charge in [0, 0.05) is 18.1 Å². The smallest absolute Gasteiger partial charge is 0.262 e. The molecule has 0 aromatic heterocycles. The second-order valence-electron chi connectivity index (χ2n) is 6.31. The van der Waals surface area contributed by atoms with E-state index in [2.05, 4.69) is 9.62 Å². The van der Waals surface area contributed by atoms with Gasteiger partial charge in [-0.15, -0.1) is 0 Å². The van der Waals surface area contributed by atoms with Crippen molar-refractivity contribution in [1.82, 2.24) is 0 Å². The number of hydrogen-bond donors (Lipinski definition) is 1. The lowest BCUT2D eigenvalue weighted by Crippen LogP contribution is -2.25. The highest BCUT2D eigenvalue weighted by Gasteiger charge is 2.20. The molecule has 0 bridgehead atoms. The third-order valence-corrected chi connectivity index (χ3v) is 6.02. The third-order valence-electron chi connectivity index (χ3n) is 4.42. The summed E-state index contributed by atoms with van der Waals surface area (Å²) in [5, 5.41) is 9.47. The molecule has 0 radical (unpaired) electrons. The van der Waals surface area contributed by atoms with Gasteiger partial charge in [-0.1, -0.05) is 30.5 Å². The van der Waals surface area contributed by atoms with Gasteiger partial charge < -0.3 is 4.90 Å². The number of nitrogens with zero attached hydrogens (tertiary/aromatic N) is 2. The maximum Gasteiger partial charge on any atom is 0.262 e. The molecular formula is C19H20ClN3O2S. The molecule has 26 heavy (non-hydrogen) atoms. The molecule has 2 aromatic carbocycles. The van der Waals surface area contributed by atoms with Gasteiger partial charge in [-0.3, -0.25) is 4.72 Å². The van der Waals surface area contributed by atoms with Crippen LogP contribution in [0.4, 0.5) is 11.4 Å². The number of rotatable bonds is 4. The van der Waals surface area contributed by atoms with Crippen molar-refractivity contribution in [1.29, 1.82) is 5.26 Å². The molecule has 1 aliphatic heterocycles. The van der Waals surface area contributed by atoms with Crippen LogP contribution < -0.4 is 9.62 Å². The lowest BCUT2D eigenvalue weighted by molar-refractivity contribution is 0.601. The lowest BCUT2D eigenvalue weighted by atomic mass is 10.2. The van der Waals surface area contributed by atoms with E-state index in [4.69, 9.17) is 16.9 Å². The molecule has 3 rings (SSSR count). The van der Waals surface area contributed by atoms with Crippen LogP contribution in [0.1, 0.15) is 31.2 Å². The molecule has 136 valence electrons. The van der Waals surface area contributed by atoms with E-state index in [1.54, 1.807) is 24.3 Å². The van der Waals surface area contributed by atoms with Gasteiger partial charge in [-0.2, -0.15) is 5.26 Å². The molecule has 0 saturated carbocycles. The van der Waals surface area contributed by atoms with E-state index in [0.29, 0.717) is 16.3 Å². The van der Waals surface area contributed by atoms with Crippen molar-refractivity contribution in [3.63, 3.8) is 0 Å². The Morgan fingerprint density at radius 2 is 1.77 bits per heavy atom. The Morgan fingerprint density at radius 1 is 1.04 bits per heavy atom. The van der Waals surface area contributed by atoms with E-state index in [1.807, 2.05) is 12.1 Å². The van der Waals surface area contributed by atoms with Crippen molar-refractivity contribution in [2.24, 2.45) is 0 Å². The second kappa shape index (κ2) is 7.98. The Balaban J connectivity index is 1.95. The predicted octanol–water partition coefficient (Wildman–Crippen LogP) is 4.39. The van der Waals surface area contributed by atoms with Gasteiger partial charge >= 0.3 is 0 Å². The summed E-state index contributed by atoms with van der Waals surface area (Å²) in [5.41, 5.74) is 1.59. The Bertz CT molecular complexity index is 930. The van der Waals surface area contributed by atoms with Crippen LogP contribution in [0.5, 0.6) is 0 Å². The third kappa shape index (κ3) is 4.29. The Morgan fingerprint density at radius 3 is 2.46 bits per heavy atom. The van der Waals surface area contributed by atoms with Gasteiger partial charge in [-0.05, 0) is 49.2 Å². The number of anilines is 2. The van der Waals surface area contributed by atoms with Gasteiger partial charge in [-0.25, -0.2) is 8.42 Å². The SMILES string of the molecule is N#Cc1cccc(S(=O)(=O)Nc2cc(Cl)ccc2N2CCCCCC2)c1. The highest BCUT2D eigenvalue weighted by Crippen LogP contribution is 2.32. The molecule has 0 aliphatic carbocycles. The standard InChI is InChI=1S/C19H20ClN3O2S/c20-16-8-9-19(23-10-3-1-2-4-11-23)18(13-16)22-26(24,25)17-7-5-6-15(12-17)14-21/h5-9,12-13,22H,1-4,10-11H2. The summed E-state index contributed by atoms with van der Waals surface area (Å²) in [5.74, 6) is 0. The van der Waals surface area contributed by atoms with Crippen molar-refractivity contribution in [2.45, 2.75) is 30.6 Å². The summed E-state index contributed by atoms with van der Waals surface area (Å²) >= 11 is 6.11. The summed E-state index contributed by atoms with van der Waals surface area (Å²) in [6.45, 7) is 1.78. The Labute approximate surface area is 159 Å².